The Hall–Kier alpha value is -2.68. The first-order valence-electron chi connectivity index (χ1n) is 9.09. The molecule has 1 amide bonds. The van der Waals surface area contributed by atoms with Gasteiger partial charge in [0.05, 0.1) is 11.5 Å². The number of non-ortho nitro benzene ring substituents is 1. The maximum Gasteiger partial charge on any atom is 0.269 e. The van der Waals surface area contributed by atoms with Crippen molar-refractivity contribution in [3.8, 4) is 0 Å². The molecule has 0 saturated carbocycles. The van der Waals surface area contributed by atoms with Crippen molar-refractivity contribution < 1.29 is 9.72 Å². The Labute approximate surface area is 159 Å². The molecule has 1 saturated heterocycles. The monoisotopic (exact) mass is 376 g/mol. The van der Waals surface area contributed by atoms with Gasteiger partial charge in [0.25, 0.3) is 5.69 Å². The van der Waals surface area contributed by atoms with E-state index in [1.54, 1.807) is 19.2 Å². The van der Waals surface area contributed by atoms with E-state index in [-0.39, 0.29) is 17.6 Å². The predicted molar refractivity (Wildman–Crippen MR) is 105 cm³/mol. The minimum Gasteiger partial charge on any atom is -0.353 e. The smallest absolute Gasteiger partial charge is 0.269 e. The maximum atomic E-state index is 11.9. The van der Waals surface area contributed by atoms with Crippen molar-refractivity contribution in [2.24, 2.45) is 4.99 Å². The highest BCUT2D eigenvalue weighted by molar-refractivity contribution is 5.80. The molecule has 9 heteroatoms. The molecule has 2 rings (SSSR count). The zero-order chi connectivity index (χ0) is 19.8. The molecule has 0 aliphatic carbocycles. The van der Waals surface area contributed by atoms with Gasteiger partial charge in [0, 0.05) is 57.9 Å². The third-order valence-electron chi connectivity index (χ3n) is 4.27. The number of benzene rings is 1. The van der Waals surface area contributed by atoms with E-state index in [0.717, 1.165) is 37.7 Å². The Kier molecular flexibility index (Phi) is 7.54. The number of hydrogen-bond acceptors (Lipinski definition) is 5. The second-order valence-electron chi connectivity index (χ2n) is 6.81. The molecule has 0 radical (unpaired) electrons. The molecule has 0 aromatic heterocycles. The lowest BCUT2D eigenvalue weighted by atomic mass is 10.2. The van der Waals surface area contributed by atoms with Crippen LogP contribution in [0.4, 0.5) is 5.69 Å². The molecule has 9 nitrogen and oxygen atoms in total. The van der Waals surface area contributed by atoms with Crippen molar-refractivity contribution in [1.29, 1.82) is 0 Å². The van der Waals surface area contributed by atoms with Crippen LogP contribution >= 0.6 is 0 Å². The molecule has 148 valence electrons. The van der Waals surface area contributed by atoms with Crippen LogP contribution in [0.25, 0.3) is 0 Å². The van der Waals surface area contributed by atoms with E-state index in [1.807, 2.05) is 19.9 Å². The summed E-state index contributed by atoms with van der Waals surface area (Å²) in [7, 11) is 1.72. The molecule has 1 aliphatic heterocycles. The lowest BCUT2D eigenvalue weighted by molar-refractivity contribution is -0.384. The molecule has 2 N–H and O–H groups in total. The molecular formula is C18H28N6O3. The Bertz CT molecular complexity index is 683. The maximum absolute atomic E-state index is 11.9. The van der Waals surface area contributed by atoms with Crippen molar-refractivity contribution in [3.05, 3.63) is 39.9 Å². The van der Waals surface area contributed by atoms with Gasteiger partial charge in [0.2, 0.25) is 5.91 Å². The van der Waals surface area contributed by atoms with E-state index in [4.69, 9.17) is 0 Å². The average molecular weight is 376 g/mol. The van der Waals surface area contributed by atoms with Gasteiger partial charge in [-0.1, -0.05) is 12.1 Å². The number of carbonyl (C=O) groups is 1. The van der Waals surface area contributed by atoms with Gasteiger partial charge in [0.1, 0.15) is 0 Å². The van der Waals surface area contributed by atoms with Gasteiger partial charge in [-0.15, -0.1) is 0 Å². The lowest BCUT2D eigenvalue weighted by Gasteiger charge is -2.36. The average Bonchev–Trinajstić information content (AvgIpc) is 2.63. The van der Waals surface area contributed by atoms with Crippen LogP contribution < -0.4 is 10.6 Å². The number of nitrogens with zero attached hydrogens (tertiary/aromatic N) is 4. The molecule has 1 fully saturated rings. The van der Waals surface area contributed by atoms with Gasteiger partial charge in [0.15, 0.2) is 5.96 Å². The summed E-state index contributed by atoms with van der Waals surface area (Å²) in [5, 5.41) is 17.0. The second kappa shape index (κ2) is 9.86. The summed E-state index contributed by atoms with van der Waals surface area (Å²) >= 11 is 0. The van der Waals surface area contributed by atoms with E-state index in [1.165, 1.54) is 6.07 Å². The van der Waals surface area contributed by atoms with Crippen molar-refractivity contribution in [1.82, 2.24) is 20.4 Å². The molecule has 0 atom stereocenters. The number of amides is 1. The quantitative estimate of drug-likeness (QED) is 0.330. The highest BCUT2D eigenvalue weighted by Gasteiger charge is 2.21. The van der Waals surface area contributed by atoms with Gasteiger partial charge in [-0.3, -0.25) is 24.8 Å². The zero-order valence-electron chi connectivity index (χ0n) is 16.1. The number of piperazine rings is 1. The third kappa shape index (κ3) is 6.52. The summed E-state index contributed by atoms with van der Waals surface area (Å²) in [4.78, 5) is 30.9. The standard InChI is InChI=1S/C18H28N6O3/c1-14(2)21-17(25)13-22-7-9-23(10-8-22)18(19-3)20-12-15-5-4-6-16(11-15)24(26)27/h4-6,11,14H,7-10,12-13H2,1-3H3,(H,19,20)(H,21,25). The fourth-order valence-corrected chi connectivity index (χ4v) is 2.98. The second-order valence-corrected chi connectivity index (χ2v) is 6.81. The van der Waals surface area contributed by atoms with Crippen LogP contribution in [-0.2, 0) is 11.3 Å². The fourth-order valence-electron chi connectivity index (χ4n) is 2.98. The van der Waals surface area contributed by atoms with Gasteiger partial charge >= 0.3 is 0 Å². The number of aliphatic imine (C=N–C) groups is 1. The first-order chi connectivity index (χ1) is 12.9. The number of nitro benzene ring substituents is 1. The molecular weight excluding hydrogens is 348 g/mol. The SMILES string of the molecule is CN=C(NCc1cccc([N+](=O)[O-])c1)N1CCN(CC(=O)NC(C)C)CC1. The summed E-state index contributed by atoms with van der Waals surface area (Å²) in [5.74, 6) is 0.805. The molecule has 0 bridgehead atoms. The summed E-state index contributed by atoms with van der Waals surface area (Å²) in [6, 6.07) is 6.71. The van der Waals surface area contributed by atoms with Crippen molar-refractivity contribution in [2.75, 3.05) is 39.8 Å². The van der Waals surface area contributed by atoms with E-state index in [2.05, 4.69) is 25.4 Å². The number of carbonyl (C=O) groups excluding carboxylic acids is 1. The summed E-state index contributed by atoms with van der Waals surface area (Å²) in [6.07, 6.45) is 0. The Morgan fingerprint density at radius 3 is 2.59 bits per heavy atom. The van der Waals surface area contributed by atoms with Crippen LogP contribution in [0.5, 0.6) is 0 Å². The Morgan fingerprint density at radius 1 is 1.30 bits per heavy atom. The number of rotatable bonds is 6. The Balaban J connectivity index is 1.82. The van der Waals surface area contributed by atoms with Crippen molar-refractivity contribution >= 4 is 17.6 Å². The van der Waals surface area contributed by atoms with Crippen LogP contribution in [0, 0.1) is 10.1 Å². The number of guanidine groups is 1. The van der Waals surface area contributed by atoms with Crippen LogP contribution in [-0.4, -0.2) is 72.4 Å². The van der Waals surface area contributed by atoms with Gasteiger partial charge in [-0.25, -0.2) is 0 Å². The van der Waals surface area contributed by atoms with Gasteiger partial charge in [-0.05, 0) is 19.4 Å². The number of hydrogen-bond donors (Lipinski definition) is 2. The molecule has 1 aromatic carbocycles. The van der Waals surface area contributed by atoms with E-state index >= 15 is 0 Å². The summed E-state index contributed by atoms with van der Waals surface area (Å²) < 4.78 is 0. The zero-order valence-corrected chi connectivity index (χ0v) is 16.1. The van der Waals surface area contributed by atoms with E-state index in [0.29, 0.717) is 13.1 Å². The molecule has 1 heterocycles. The predicted octanol–water partition coefficient (Wildman–Crippen LogP) is 0.812. The normalized spacial score (nSPS) is 15.7. The highest BCUT2D eigenvalue weighted by Crippen LogP contribution is 2.13. The lowest BCUT2D eigenvalue weighted by Crippen LogP contribution is -2.54. The van der Waals surface area contributed by atoms with Crippen LogP contribution in [0.1, 0.15) is 19.4 Å². The minimum atomic E-state index is -0.396. The van der Waals surface area contributed by atoms with Crippen molar-refractivity contribution in [2.45, 2.75) is 26.4 Å². The fraction of sp³-hybridized carbons (Fsp3) is 0.556. The van der Waals surface area contributed by atoms with E-state index in [9.17, 15) is 14.9 Å². The number of nitro groups is 1. The summed E-state index contributed by atoms with van der Waals surface area (Å²) in [5.41, 5.74) is 0.909. The van der Waals surface area contributed by atoms with Gasteiger partial charge in [-0.2, -0.15) is 0 Å². The van der Waals surface area contributed by atoms with E-state index < -0.39 is 4.92 Å². The molecule has 1 aromatic rings. The third-order valence-corrected chi connectivity index (χ3v) is 4.27. The van der Waals surface area contributed by atoms with Crippen LogP contribution in [0.15, 0.2) is 29.3 Å². The molecule has 0 spiro atoms. The Morgan fingerprint density at radius 2 is 2.00 bits per heavy atom. The highest BCUT2D eigenvalue weighted by atomic mass is 16.6. The van der Waals surface area contributed by atoms with Crippen LogP contribution in [0.2, 0.25) is 0 Å². The minimum absolute atomic E-state index is 0.0478. The van der Waals surface area contributed by atoms with Gasteiger partial charge < -0.3 is 15.5 Å². The largest absolute Gasteiger partial charge is 0.353 e. The molecule has 0 unspecified atom stereocenters. The first kappa shape index (κ1) is 20.6. The molecule has 1 aliphatic rings. The summed E-state index contributed by atoms with van der Waals surface area (Å²) in [6.45, 7) is 7.87. The first-order valence-corrected chi connectivity index (χ1v) is 9.09. The molecule has 27 heavy (non-hydrogen) atoms. The number of nitrogens with one attached hydrogen (secondary N) is 2. The topological polar surface area (TPSA) is 103 Å². The van der Waals surface area contributed by atoms with Crippen molar-refractivity contribution in [3.63, 3.8) is 0 Å². The van der Waals surface area contributed by atoms with Crippen LogP contribution in [0.3, 0.4) is 0 Å².